The lowest BCUT2D eigenvalue weighted by molar-refractivity contribution is -0.143. The molecule has 0 aliphatic rings. The van der Waals surface area contributed by atoms with Gasteiger partial charge in [0.2, 0.25) is 0 Å². The summed E-state index contributed by atoms with van der Waals surface area (Å²) >= 11 is 0. The van der Waals surface area contributed by atoms with Gasteiger partial charge in [0, 0.05) is 18.1 Å². The van der Waals surface area contributed by atoms with E-state index in [1.165, 1.54) is 12.1 Å². The summed E-state index contributed by atoms with van der Waals surface area (Å²) < 4.78 is 85.7. The molecule has 0 fully saturated rings. The molecule has 0 saturated carbocycles. The average molecular weight is 518 g/mol. The third kappa shape index (κ3) is 7.43. The number of rotatable bonds is 10. The molecule has 2 aromatic rings. The van der Waals surface area contributed by atoms with Crippen LogP contribution in [0.2, 0.25) is 0 Å². The van der Waals surface area contributed by atoms with Gasteiger partial charge in [-0.25, -0.2) is 9.59 Å². The fourth-order valence-corrected chi connectivity index (χ4v) is 3.21. The molecule has 3 N–H and O–H groups in total. The van der Waals surface area contributed by atoms with Crippen LogP contribution >= 0.6 is 0 Å². The third-order valence-electron chi connectivity index (χ3n) is 5.08. The topological polar surface area (TPSA) is 104 Å². The van der Waals surface area contributed by atoms with Crippen LogP contribution in [0.5, 0.6) is 0 Å². The number of hydrogen-bond acceptors (Lipinski definition) is 4. The molecule has 0 spiro atoms. The highest BCUT2D eigenvalue weighted by Crippen LogP contribution is 2.39. The van der Waals surface area contributed by atoms with E-state index in [-0.39, 0.29) is 17.7 Å². The molecule has 0 radical (unpaired) electrons. The lowest BCUT2D eigenvalue weighted by Gasteiger charge is -2.29. The van der Waals surface area contributed by atoms with Crippen molar-refractivity contribution in [3.63, 3.8) is 0 Å². The quantitative estimate of drug-likeness (QED) is 0.223. The molecule has 0 aliphatic heterocycles. The fraction of sp³-hybridized carbons (Fsp3) is 0.250. The molecular formula is C24H20F6O6. The molecule has 12 heteroatoms. The first-order valence-electron chi connectivity index (χ1n) is 10.1. The molecule has 0 unspecified atom stereocenters. The van der Waals surface area contributed by atoms with Crippen molar-refractivity contribution in [2.45, 2.75) is 30.5 Å². The minimum Gasteiger partial charge on any atom is -0.478 e. The van der Waals surface area contributed by atoms with Gasteiger partial charge < -0.3 is 20.1 Å². The zero-order valence-corrected chi connectivity index (χ0v) is 18.3. The van der Waals surface area contributed by atoms with E-state index in [0.29, 0.717) is 12.1 Å². The molecule has 6 nitrogen and oxygen atoms in total. The van der Waals surface area contributed by atoms with Crippen molar-refractivity contribution < 1.29 is 56.0 Å². The normalized spacial score (nSPS) is 15.1. The second kappa shape index (κ2) is 11.0. The smallest absolute Gasteiger partial charge is 0.416 e. The van der Waals surface area contributed by atoms with Gasteiger partial charge in [-0.3, -0.25) is 0 Å². The van der Waals surface area contributed by atoms with Crippen molar-refractivity contribution in [2.75, 3.05) is 6.61 Å². The third-order valence-corrected chi connectivity index (χ3v) is 5.08. The molecule has 194 valence electrons. The number of halogens is 6. The summed E-state index contributed by atoms with van der Waals surface area (Å²) in [5.41, 5.74) is -6.69. The zero-order valence-electron chi connectivity index (χ0n) is 18.3. The van der Waals surface area contributed by atoms with E-state index in [0.717, 1.165) is 6.08 Å². The number of alkyl halides is 6. The Labute approximate surface area is 200 Å². The summed E-state index contributed by atoms with van der Waals surface area (Å²) in [6, 6.07) is 8.19. The highest BCUT2D eigenvalue weighted by atomic mass is 19.4. The molecule has 2 rings (SSSR count). The minimum atomic E-state index is -5.20. The lowest BCUT2D eigenvalue weighted by atomic mass is 9.93. The summed E-state index contributed by atoms with van der Waals surface area (Å²) in [6.07, 6.45) is -11.9. The number of carbonyl (C=O) groups is 2. The van der Waals surface area contributed by atoms with Crippen molar-refractivity contribution >= 4 is 11.9 Å². The number of benzene rings is 2. The van der Waals surface area contributed by atoms with Crippen LogP contribution in [-0.4, -0.2) is 33.9 Å². The van der Waals surface area contributed by atoms with Crippen LogP contribution in [0.3, 0.4) is 0 Å². The molecule has 0 bridgehead atoms. The summed E-state index contributed by atoms with van der Waals surface area (Å²) in [5.74, 6) is -3.49. The summed E-state index contributed by atoms with van der Waals surface area (Å²) in [7, 11) is 0. The van der Waals surface area contributed by atoms with Crippen LogP contribution in [0.4, 0.5) is 26.3 Å². The standard InChI is InChI=1S/C24H20F6O6/c1-2-22(35,16-6-4-3-5-7-16)13-36-19(10-15(21(33)34)11-20(31)32)14-8-17(23(25,26)27)12-18(9-14)24(28,29)30/h2-9,11-12,19,35H,1,10,13H2,(H,31,32)(H,33,34)/b15-11-/t19-,22-/m1/s1. The molecule has 0 aromatic heterocycles. The van der Waals surface area contributed by atoms with Gasteiger partial charge in [-0.05, 0) is 29.3 Å². The highest BCUT2D eigenvalue weighted by molar-refractivity contribution is 5.94. The van der Waals surface area contributed by atoms with Crippen LogP contribution in [0.25, 0.3) is 0 Å². The number of aliphatic hydroxyl groups is 1. The largest absolute Gasteiger partial charge is 0.478 e. The van der Waals surface area contributed by atoms with E-state index in [4.69, 9.17) is 9.84 Å². The first-order valence-corrected chi connectivity index (χ1v) is 10.1. The number of ether oxygens (including phenoxy) is 1. The minimum absolute atomic E-state index is 0.115. The molecule has 36 heavy (non-hydrogen) atoms. The maximum absolute atomic E-state index is 13.4. The van der Waals surface area contributed by atoms with Gasteiger partial charge in [0.1, 0.15) is 5.60 Å². The van der Waals surface area contributed by atoms with Gasteiger partial charge in [0.15, 0.2) is 0 Å². The van der Waals surface area contributed by atoms with Gasteiger partial charge in [0.05, 0.1) is 23.8 Å². The lowest BCUT2D eigenvalue weighted by Crippen LogP contribution is -2.30. The second-order valence-electron chi connectivity index (χ2n) is 7.65. The van der Waals surface area contributed by atoms with Gasteiger partial charge in [-0.15, -0.1) is 0 Å². The molecule has 2 atom stereocenters. The molecule has 0 saturated heterocycles. The van der Waals surface area contributed by atoms with Crippen LogP contribution in [0, 0.1) is 0 Å². The number of aliphatic carboxylic acids is 2. The molecular weight excluding hydrogens is 498 g/mol. The first-order chi connectivity index (χ1) is 16.6. The summed E-state index contributed by atoms with van der Waals surface area (Å²) in [5, 5.41) is 29.2. The highest BCUT2D eigenvalue weighted by Gasteiger charge is 2.38. The van der Waals surface area contributed by atoms with Crippen molar-refractivity contribution in [2.24, 2.45) is 0 Å². The van der Waals surface area contributed by atoms with Crippen molar-refractivity contribution in [3.8, 4) is 0 Å². The Morgan fingerprint density at radius 2 is 1.44 bits per heavy atom. The Morgan fingerprint density at radius 3 is 1.86 bits per heavy atom. The first kappa shape index (κ1) is 28.6. The van der Waals surface area contributed by atoms with Crippen molar-refractivity contribution in [3.05, 3.63) is 95.1 Å². The summed E-state index contributed by atoms with van der Waals surface area (Å²) in [6.45, 7) is 2.71. The Morgan fingerprint density at radius 1 is 0.917 bits per heavy atom. The van der Waals surface area contributed by atoms with E-state index < -0.39 is 71.3 Å². The fourth-order valence-electron chi connectivity index (χ4n) is 3.21. The van der Waals surface area contributed by atoms with Crippen LogP contribution in [0.15, 0.2) is 72.8 Å². The zero-order chi connectivity index (χ0) is 27.3. The van der Waals surface area contributed by atoms with Crippen molar-refractivity contribution in [1.82, 2.24) is 0 Å². The van der Waals surface area contributed by atoms with E-state index in [2.05, 4.69) is 6.58 Å². The van der Waals surface area contributed by atoms with E-state index in [1.807, 2.05) is 0 Å². The van der Waals surface area contributed by atoms with Crippen LogP contribution in [-0.2, 0) is 32.3 Å². The Bertz CT molecular complexity index is 1110. The molecule has 0 heterocycles. The number of carboxylic acid groups (broad SMARTS) is 2. The maximum atomic E-state index is 13.4. The predicted octanol–water partition coefficient (Wildman–Crippen LogP) is 5.34. The number of carboxylic acids is 2. The van der Waals surface area contributed by atoms with E-state index in [1.54, 1.807) is 18.2 Å². The Hall–Kier alpha value is -3.64. The number of hydrogen-bond donors (Lipinski definition) is 3. The van der Waals surface area contributed by atoms with Gasteiger partial charge in [-0.1, -0.05) is 43.0 Å². The van der Waals surface area contributed by atoms with Crippen molar-refractivity contribution in [1.29, 1.82) is 0 Å². The molecule has 0 amide bonds. The van der Waals surface area contributed by atoms with E-state index in [9.17, 15) is 46.1 Å². The van der Waals surface area contributed by atoms with E-state index >= 15 is 0 Å². The predicted molar refractivity (Wildman–Crippen MR) is 114 cm³/mol. The Balaban J connectivity index is 2.63. The van der Waals surface area contributed by atoms with Gasteiger partial charge in [0.25, 0.3) is 0 Å². The summed E-state index contributed by atoms with van der Waals surface area (Å²) in [4.78, 5) is 22.5. The molecule has 2 aromatic carbocycles. The maximum Gasteiger partial charge on any atom is 0.416 e. The van der Waals surface area contributed by atoms with Crippen LogP contribution in [0.1, 0.15) is 34.8 Å². The Kier molecular flexibility index (Phi) is 8.70. The van der Waals surface area contributed by atoms with Gasteiger partial charge in [-0.2, -0.15) is 26.3 Å². The molecule has 0 aliphatic carbocycles. The monoisotopic (exact) mass is 518 g/mol. The van der Waals surface area contributed by atoms with Crippen LogP contribution < -0.4 is 0 Å². The average Bonchev–Trinajstić information content (AvgIpc) is 2.79. The SMILES string of the molecule is C=C[C@@](O)(CO[C@H](C/C(=C/C(=O)O)C(=O)O)c1cc(C(F)(F)F)cc(C(F)(F)F)c1)c1ccccc1. The van der Waals surface area contributed by atoms with Gasteiger partial charge >= 0.3 is 24.3 Å². The second-order valence-corrected chi connectivity index (χ2v) is 7.65.